The lowest BCUT2D eigenvalue weighted by Crippen LogP contribution is -2.24. The zero-order valence-electron chi connectivity index (χ0n) is 20.6. The summed E-state index contributed by atoms with van der Waals surface area (Å²) in [5.41, 5.74) is 5.87. The maximum atomic E-state index is 12.8. The van der Waals surface area contributed by atoms with Gasteiger partial charge >= 0.3 is 0 Å². The fourth-order valence-corrected chi connectivity index (χ4v) is 3.05. The maximum absolute atomic E-state index is 12.8. The summed E-state index contributed by atoms with van der Waals surface area (Å²) in [6, 6.07) is 9.79. The third kappa shape index (κ3) is 15.2. The Bertz CT molecular complexity index is 1000. The smallest absolute Gasteiger partial charge is 0.251 e. The van der Waals surface area contributed by atoms with Gasteiger partial charge in [0.25, 0.3) is 5.91 Å². The van der Waals surface area contributed by atoms with Gasteiger partial charge in [0.2, 0.25) is 0 Å². The molecule has 1 aromatic carbocycles. The van der Waals surface area contributed by atoms with E-state index in [9.17, 15) is 4.79 Å². The number of rotatable bonds is 15. The predicted molar refractivity (Wildman–Crippen MR) is 150 cm³/mol. The molecule has 6 nitrogen and oxygen atoms in total. The summed E-state index contributed by atoms with van der Waals surface area (Å²) >= 11 is 5.99. The average molecular weight is 494 g/mol. The van der Waals surface area contributed by atoms with E-state index in [0.29, 0.717) is 17.2 Å². The number of benzene rings is 1. The Morgan fingerprint density at radius 3 is 2.66 bits per heavy atom. The van der Waals surface area contributed by atoms with Gasteiger partial charge < -0.3 is 5.32 Å². The molecule has 0 bridgehead atoms. The second-order valence-corrected chi connectivity index (χ2v) is 8.03. The van der Waals surface area contributed by atoms with Crippen LogP contribution in [0.25, 0.3) is 0 Å². The Morgan fingerprint density at radius 1 is 1.17 bits per heavy atom. The highest BCUT2D eigenvalue weighted by Crippen LogP contribution is 2.08. The molecule has 0 aliphatic carbocycles. The molecular formula is C28H36ClN5O. The number of nitrogens with two attached hydrogens (primary N) is 1. The number of nitrogens with zero attached hydrogens (tertiary/aromatic N) is 2. The number of hydrogen-bond donors (Lipinski definition) is 3. The first kappa shape index (κ1) is 29.7. The maximum Gasteiger partial charge on any atom is 0.251 e. The molecule has 0 aromatic heterocycles. The number of halogens is 1. The number of carbonyl (C=O) groups excluding carboxylic acids is 1. The van der Waals surface area contributed by atoms with Crippen LogP contribution in [0.2, 0.25) is 0 Å². The molecule has 1 amide bonds. The molecule has 0 aliphatic heterocycles. The normalized spacial score (nSPS) is 13.8. The van der Waals surface area contributed by atoms with Crippen LogP contribution in [0.1, 0.15) is 38.7 Å². The van der Waals surface area contributed by atoms with E-state index in [1.165, 1.54) is 0 Å². The van der Waals surface area contributed by atoms with E-state index in [1.807, 2.05) is 44.2 Å². The summed E-state index contributed by atoms with van der Waals surface area (Å²) in [6.45, 7) is 8.57. The molecule has 0 unspecified atom stereocenters. The summed E-state index contributed by atoms with van der Waals surface area (Å²) in [7, 11) is 0. The number of amides is 1. The topological polar surface area (TPSA) is 91.9 Å². The number of hydrazine groups is 1. The second kappa shape index (κ2) is 19.0. The van der Waals surface area contributed by atoms with Crippen LogP contribution in [0.5, 0.6) is 0 Å². The quantitative estimate of drug-likeness (QED) is 0.0749. The number of nitrogens with one attached hydrogen (secondary N) is 2. The Morgan fingerprint density at radius 2 is 1.94 bits per heavy atom. The molecule has 186 valence electrons. The molecule has 1 aromatic rings. The minimum atomic E-state index is -0.226. The molecule has 0 saturated carbocycles. The third-order valence-corrected chi connectivity index (χ3v) is 4.76. The fraction of sp³-hybridized carbons (Fsp3) is 0.250. The molecule has 0 radical (unpaired) electrons. The summed E-state index contributed by atoms with van der Waals surface area (Å²) in [4.78, 5) is 21.7. The van der Waals surface area contributed by atoms with Gasteiger partial charge in [0.05, 0.1) is 0 Å². The van der Waals surface area contributed by atoms with Gasteiger partial charge in [-0.2, -0.15) is 0 Å². The number of aliphatic imine (C=N–C) groups is 2. The molecule has 0 aliphatic rings. The van der Waals surface area contributed by atoms with Crippen LogP contribution in [0.15, 0.2) is 112 Å². The number of carbonyl (C=O) groups is 1. The minimum Gasteiger partial charge on any atom is -0.349 e. The van der Waals surface area contributed by atoms with Crippen molar-refractivity contribution in [3.05, 3.63) is 108 Å². The fourth-order valence-electron chi connectivity index (χ4n) is 2.87. The van der Waals surface area contributed by atoms with Crippen molar-refractivity contribution >= 4 is 29.4 Å². The van der Waals surface area contributed by atoms with Crippen molar-refractivity contribution in [2.24, 2.45) is 15.8 Å². The van der Waals surface area contributed by atoms with Gasteiger partial charge in [0.15, 0.2) is 0 Å². The van der Waals surface area contributed by atoms with Crippen molar-refractivity contribution in [1.29, 1.82) is 0 Å². The molecule has 4 N–H and O–H groups in total. The molecule has 1 rings (SSSR count). The molecule has 0 saturated heterocycles. The first-order chi connectivity index (χ1) is 17.0. The standard InChI is InChI=1S/C28H36ClN5O/c1-4-12-27(29)17-11-19-32-28(35)26(16-10-18-31-22-25-14-6-5-7-15-25)21-24(3)34-23(2)13-8-9-20-33-30/h4-7,10-12,14-18,21-22,33H,1,8-9,13,19-20,30H2,2-3H3,(H,32,35)/b17-11+,18-10+,24-21+,26-16+,27-12+,31-22?,34-23?. The van der Waals surface area contributed by atoms with Gasteiger partial charge in [-0.25, -0.2) is 0 Å². The lowest BCUT2D eigenvalue weighted by molar-refractivity contribution is -0.117. The van der Waals surface area contributed by atoms with Crippen molar-refractivity contribution in [3.8, 4) is 0 Å². The Hall–Kier alpha value is -3.32. The molecular weight excluding hydrogens is 458 g/mol. The summed E-state index contributed by atoms with van der Waals surface area (Å²) in [5.74, 6) is 5.08. The van der Waals surface area contributed by atoms with E-state index >= 15 is 0 Å². The predicted octanol–water partition coefficient (Wildman–Crippen LogP) is 5.53. The zero-order chi connectivity index (χ0) is 25.7. The van der Waals surface area contributed by atoms with Crippen LogP contribution in [0, 0.1) is 0 Å². The lowest BCUT2D eigenvalue weighted by atomic mass is 10.1. The largest absolute Gasteiger partial charge is 0.349 e. The van der Waals surface area contributed by atoms with Gasteiger partial charge in [-0.15, -0.1) is 0 Å². The highest BCUT2D eigenvalue weighted by Gasteiger charge is 2.05. The van der Waals surface area contributed by atoms with Crippen LogP contribution < -0.4 is 16.6 Å². The Balaban J connectivity index is 2.92. The van der Waals surface area contributed by atoms with Gasteiger partial charge in [-0.05, 0) is 69.1 Å². The molecule has 0 heterocycles. The first-order valence-corrected chi connectivity index (χ1v) is 11.9. The molecule has 0 fully saturated rings. The number of hydrogen-bond acceptors (Lipinski definition) is 5. The Labute approximate surface area is 214 Å². The van der Waals surface area contributed by atoms with E-state index in [2.05, 4.69) is 27.3 Å². The van der Waals surface area contributed by atoms with Crippen molar-refractivity contribution < 1.29 is 4.79 Å². The van der Waals surface area contributed by atoms with Gasteiger partial charge in [-0.1, -0.05) is 60.7 Å². The number of allylic oxidation sites excluding steroid dienone is 7. The van der Waals surface area contributed by atoms with E-state index in [1.54, 1.807) is 54.9 Å². The van der Waals surface area contributed by atoms with Crippen LogP contribution >= 0.6 is 11.6 Å². The molecule has 0 atom stereocenters. The summed E-state index contributed by atoms with van der Waals surface area (Å²) in [6.07, 6.45) is 18.2. The van der Waals surface area contributed by atoms with Gasteiger partial charge in [-0.3, -0.25) is 26.0 Å². The zero-order valence-corrected chi connectivity index (χ0v) is 21.3. The minimum absolute atomic E-state index is 0.226. The summed E-state index contributed by atoms with van der Waals surface area (Å²) < 4.78 is 0. The molecule has 7 heteroatoms. The van der Waals surface area contributed by atoms with E-state index in [4.69, 9.17) is 17.4 Å². The van der Waals surface area contributed by atoms with Crippen LogP contribution in [0.3, 0.4) is 0 Å². The highest BCUT2D eigenvalue weighted by molar-refractivity contribution is 6.31. The third-order valence-electron chi connectivity index (χ3n) is 4.51. The number of unbranched alkanes of at least 4 members (excludes halogenated alkanes) is 1. The monoisotopic (exact) mass is 493 g/mol. The van der Waals surface area contributed by atoms with E-state index in [0.717, 1.165) is 42.8 Å². The molecule has 35 heavy (non-hydrogen) atoms. The SMILES string of the molecule is C=C/C=C(Cl)\C=C\CNC(=O)C(/C=C(\C)N=C(C)CCCCNN)=C/C=C/N=Cc1ccccc1. The Kier molecular flexibility index (Phi) is 16.2. The van der Waals surface area contributed by atoms with E-state index in [-0.39, 0.29) is 5.91 Å². The second-order valence-electron chi connectivity index (χ2n) is 7.60. The first-order valence-electron chi connectivity index (χ1n) is 11.5. The van der Waals surface area contributed by atoms with Crippen molar-refractivity contribution in [2.45, 2.75) is 33.1 Å². The van der Waals surface area contributed by atoms with Crippen molar-refractivity contribution in [1.82, 2.24) is 10.7 Å². The lowest BCUT2D eigenvalue weighted by Gasteiger charge is -2.05. The summed E-state index contributed by atoms with van der Waals surface area (Å²) in [5, 5.41) is 3.40. The van der Waals surface area contributed by atoms with Crippen LogP contribution in [-0.2, 0) is 4.79 Å². The van der Waals surface area contributed by atoms with Crippen LogP contribution in [0.4, 0.5) is 0 Å². The average Bonchev–Trinajstić information content (AvgIpc) is 2.84. The van der Waals surface area contributed by atoms with Gasteiger partial charge in [0.1, 0.15) is 0 Å². The molecule has 0 spiro atoms. The van der Waals surface area contributed by atoms with Crippen molar-refractivity contribution in [2.75, 3.05) is 13.1 Å². The highest BCUT2D eigenvalue weighted by atomic mass is 35.5. The van der Waals surface area contributed by atoms with E-state index < -0.39 is 0 Å². The van der Waals surface area contributed by atoms with Gasteiger partial charge in [0, 0.05) is 47.5 Å². The van der Waals surface area contributed by atoms with Crippen LogP contribution in [-0.4, -0.2) is 30.9 Å². The van der Waals surface area contributed by atoms with Crippen molar-refractivity contribution in [3.63, 3.8) is 0 Å².